The van der Waals surface area contributed by atoms with E-state index in [1.807, 2.05) is 12.1 Å². The first-order valence-corrected chi connectivity index (χ1v) is 7.87. The fraction of sp³-hybridized carbons (Fsp3) is 0.250. The van der Waals surface area contributed by atoms with Crippen LogP contribution in [0.5, 0.6) is 11.5 Å². The van der Waals surface area contributed by atoms with Crippen molar-refractivity contribution in [3.63, 3.8) is 0 Å². The molecule has 22 heavy (non-hydrogen) atoms. The number of rotatable bonds is 2. The molecule has 0 saturated heterocycles. The fourth-order valence-electron chi connectivity index (χ4n) is 3.17. The topological polar surface area (TPSA) is 22.1 Å². The SMILES string of the molecule is Cc1ccc(Oc2c3c(nc4ccc(C)cc24)CCC3)cc1. The monoisotopic (exact) mass is 289 g/mol. The van der Waals surface area contributed by atoms with Gasteiger partial charge < -0.3 is 4.74 Å². The summed E-state index contributed by atoms with van der Waals surface area (Å²) >= 11 is 0. The summed E-state index contributed by atoms with van der Waals surface area (Å²) in [7, 11) is 0. The molecule has 0 fully saturated rings. The zero-order valence-electron chi connectivity index (χ0n) is 13.0. The van der Waals surface area contributed by atoms with Gasteiger partial charge in [-0.15, -0.1) is 0 Å². The summed E-state index contributed by atoms with van der Waals surface area (Å²) in [6.07, 6.45) is 3.29. The van der Waals surface area contributed by atoms with Gasteiger partial charge in [-0.05, 0) is 57.4 Å². The molecule has 2 nitrogen and oxygen atoms in total. The van der Waals surface area contributed by atoms with E-state index in [-0.39, 0.29) is 0 Å². The van der Waals surface area contributed by atoms with Crippen LogP contribution < -0.4 is 4.74 Å². The van der Waals surface area contributed by atoms with Crippen LogP contribution in [0.25, 0.3) is 10.9 Å². The average molecular weight is 289 g/mol. The molecule has 1 aliphatic carbocycles. The Hall–Kier alpha value is -2.35. The highest BCUT2D eigenvalue weighted by Gasteiger charge is 2.21. The average Bonchev–Trinajstić information content (AvgIpc) is 2.98. The molecule has 0 spiro atoms. The van der Waals surface area contributed by atoms with Gasteiger partial charge in [-0.25, -0.2) is 0 Å². The minimum atomic E-state index is 0.897. The minimum Gasteiger partial charge on any atom is -0.456 e. The normalized spacial score (nSPS) is 13.4. The van der Waals surface area contributed by atoms with E-state index < -0.39 is 0 Å². The highest BCUT2D eigenvalue weighted by atomic mass is 16.5. The molecule has 110 valence electrons. The molecule has 2 heteroatoms. The number of hydrogen-bond acceptors (Lipinski definition) is 2. The zero-order chi connectivity index (χ0) is 15.1. The van der Waals surface area contributed by atoms with Crippen molar-refractivity contribution in [3.8, 4) is 11.5 Å². The molecule has 1 aromatic heterocycles. The number of nitrogens with zero attached hydrogens (tertiary/aromatic N) is 1. The van der Waals surface area contributed by atoms with Crippen LogP contribution >= 0.6 is 0 Å². The Bertz CT molecular complexity index is 850. The molecule has 0 saturated carbocycles. The van der Waals surface area contributed by atoms with Crippen molar-refractivity contribution in [1.82, 2.24) is 4.98 Å². The van der Waals surface area contributed by atoms with Crippen LogP contribution in [0.3, 0.4) is 0 Å². The van der Waals surface area contributed by atoms with E-state index in [1.54, 1.807) is 0 Å². The summed E-state index contributed by atoms with van der Waals surface area (Å²) in [5, 5.41) is 1.13. The van der Waals surface area contributed by atoms with Crippen molar-refractivity contribution in [2.75, 3.05) is 0 Å². The number of benzene rings is 2. The van der Waals surface area contributed by atoms with Gasteiger partial charge in [0.25, 0.3) is 0 Å². The molecular weight excluding hydrogens is 270 g/mol. The largest absolute Gasteiger partial charge is 0.456 e. The van der Waals surface area contributed by atoms with Crippen LogP contribution in [0.15, 0.2) is 42.5 Å². The molecule has 0 atom stereocenters. The summed E-state index contributed by atoms with van der Waals surface area (Å²) in [6, 6.07) is 14.7. The molecule has 4 rings (SSSR count). The van der Waals surface area contributed by atoms with Gasteiger partial charge in [-0.3, -0.25) is 4.98 Å². The fourth-order valence-corrected chi connectivity index (χ4v) is 3.17. The quantitative estimate of drug-likeness (QED) is 0.652. The lowest BCUT2D eigenvalue weighted by molar-refractivity contribution is 0.482. The molecule has 0 radical (unpaired) electrons. The smallest absolute Gasteiger partial charge is 0.141 e. The molecule has 0 aliphatic heterocycles. The molecule has 1 aliphatic rings. The third-order valence-corrected chi connectivity index (χ3v) is 4.36. The number of aryl methyl sites for hydroxylation is 3. The van der Waals surface area contributed by atoms with Crippen molar-refractivity contribution < 1.29 is 4.74 Å². The van der Waals surface area contributed by atoms with Gasteiger partial charge in [0.1, 0.15) is 11.5 Å². The van der Waals surface area contributed by atoms with Crippen LogP contribution in [-0.4, -0.2) is 4.98 Å². The Morgan fingerprint density at radius 3 is 2.50 bits per heavy atom. The molecule has 2 aromatic carbocycles. The second-order valence-corrected chi connectivity index (χ2v) is 6.16. The van der Waals surface area contributed by atoms with Crippen LogP contribution in [0.4, 0.5) is 0 Å². The molecule has 1 heterocycles. The maximum Gasteiger partial charge on any atom is 0.141 e. The van der Waals surface area contributed by atoms with E-state index in [0.717, 1.165) is 35.2 Å². The maximum atomic E-state index is 6.30. The number of aromatic nitrogens is 1. The molecule has 0 unspecified atom stereocenters. The third kappa shape index (κ3) is 2.25. The van der Waals surface area contributed by atoms with Crippen molar-refractivity contribution in [3.05, 3.63) is 64.8 Å². The van der Waals surface area contributed by atoms with E-state index in [1.165, 1.54) is 28.8 Å². The molecule has 0 bridgehead atoms. The summed E-state index contributed by atoms with van der Waals surface area (Å²) in [6.45, 7) is 4.20. The number of fused-ring (bicyclic) bond motifs is 2. The maximum absolute atomic E-state index is 6.30. The predicted octanol–water partition coefficient (Wildman–Crippen LogP) is 5.13. The number of hydrogen-bond donors (Lipinski definition) is 0. The first-order chi connectivity index (χ1) is 10.7. The van der Waals surface area contributed by atoms with Crippen LogP contribution in [0, 0.1) is 13.8 Å². The van der Waals surface area contributed by atoms with Gasteiger partial charge in [0.05, 0.1) is 5.52 Å². The van der Waals surface area contributed by atoms with Crippen LogP contribution in [-0.2, 0) is 12.8 Å². The summed E-state index contributed by atoms with van der Waals surface area (Å²) < 4.78 is 6.30. The standard InChI is InChI=1S/C20H19NO/c1-13-6-9-15(10-7-13)22-20-16-4-3-5-18(16)21-19-11-8-14(2)12-17(19)20/h6-12H,3-5H2,1-2H3. The van der Waals surface area contributed by atoms with E-state index in [9.17, 15) is 0 Å². The lowest BCUT2D eigenvalue weighted by atomic mass is 10.1. The van der Waals surface area contributed by atoms with Gasteiger partial charge in [-0.2, -0.15) is 0 Å². The van der Waals surface area contributed by atoms with Crippen molar-refractivity contribution in [2.45, 2.75) is 33.1 Å². The van der Waals surface area contributed by atoms with Gasteiger partial charge >= 0.3 is 0 Å². The zero-order valence-corrected chi connectivity index (χ0v) is 13.0. The predicted molar refractivity (Wildman–Crippen MR) is 89.8 cm³/mol. The summed E-state index contributed by atoms with van der Waals surface area (Å²) in [5.41, 5.74) is 6.01. The van der Waals surface area contributed by atoms with E-state index in [0.29, 0.717) is 0 Å². The Morgan fingerprint density at radius 2 is 1.68 bits per heavy atom. The van der Waals surface area contributed by atoms with Crippen LogP contribution in [0.2, 0.25) is 0 Å². The second-order valence-electron chi connectivity index (χ2n) is 6.16. The third-order valence-electron chi connectivity index (χ3n) is 4.36. The first-order valence-electron chi connectivity index (χ1n) is 7.87. The molecule has 0 N–H and O–H groups in total. The first kappa shape index (κ1) is 13.3. The van der Waals surface area contributed by atoms with Crippen molar-refractivity contribution in [1.29, 1.82) is 0 Å². The van der Waals surface area contributed by atoms with Crippen molar-refractivity contribution in [2.24, 2.45) is 0 Å². The van der Waals surface area contributed by atoms with Gasteiger partial charge in [0.15, 0.2) is 0 Å². The number of ether oxygens (including phenoxy) is 1. The Labute approximate surface area is 130 Å². The van der Waals surface area contributed by atoms with Crippen molar-refractivity contribution >= 4 is 10.9 Å². The lowest BCUT2D eigenvalue weighted by Gasteiger charge is -2.14. The minimum absolute atomic E-state index is 0.897. The molecular formula is C20H19NO. The Kier molecular flexibility index (Phi) is 3.11. The van der Waals surface area contributed by atoms with Gasteiger partial charge in [0.2, 0.25) is 0 Å². The number of pyridine rings is 1. The second kappa shape index (κ2) is 5.13. The molecule has 0 amide bonds. The van der Waals surface area contributed by atoms with Gasteiger partial charge in [0, 0.05) is 16.6 Å². The summed E-state index contributed by atoms with van der Waals surface area (Å²) in [4.78, 5) is 4.83. The van der Waals surface area contributed by atoms with E-state index in [2.05, 4.69) is 44.2 Å². The Morgan fingerprint density at radius 1 is 0.909 bits per heavy atom. The van der Waals surface area contributed by atoms with E-state index >= 15 is 0 Å². The summed E-state index contributed by atoms with van der Waals surface area (Å²) in [5.74, 6) is 1.90. The highest BCUT2D eigenvalue weighted by Crippen LogP contribution is 2.38. The highest BCUT2D eigenvalue weighted by molar-refractivity contribution is 5.88. The lowest BCUT2D eigenvalue weighted by Crippen LogP contribution is -1.97. The Balaban J connectivity index is 1.90. The molecule has 3 aromatic rings. The van der Waals surface area contributed by atoms with Gasteiger partial charge in [-0.1, -0.05) is 29.3 Å². The van der Waals surface area contributed by atoms with Crippen LogP contribution in [0.1, 0.15) is 28.8 Å². The van der Waals surface area contributed by atoms with E-state index in [4.69, 9.17) is 9.72 Å².